The quantitative estimate of drug-likeness (QED) is 0.0474. The Bertz CT molecular complexity index is 5850. The molecule has 0 saturated carbocycles. The molecule has 0 amide bonds. The molecule has 0 bridgehead atoms. The zero-order valence-electron chi connectivity index (χ0n) is 62.9. The third kappa shape index (κ3) is 20.4. The molecule has 0 radical (unpaired) electrons. The number of aromatic nitrogens is 20. The summed E-state index contributed by atoms with van der Waals surface area (Å²) in [5.74, 6) is 4.58. The van der Waals surface area contributed by atoms with E-state index < -0.39 is 0 Å². The van der Waals surface area contributed by atoms with Gasteiger partial charge in [-0.05, 0) is 176 Å². The minimum atomic E-state index is -0.338. The van der Waals surface area contributed by atoms with Crippen molar-refractivity contribution in [2.24, 2.45) is 0 Å². The van der Waals surface area contributed by atoms with Crippen LogP contribution in [0.2, 0.25) is 15.1 Å². The molecule has 117 heavy (non-hydrogen) atoms. The van der Waals surface area contributed by atoms with Crippen LogP contribution in [0.1, 0.15) is 78.7 Å². The Balaban J connectivity index is 0.000000121. The average molecular weight is 1880 g/mol. The molecule has 33 heteroatoms. The van der Waals surface area contributed by atoms with Crippen molar-refractivity contribution in [1.82, 2.24) is 97.9 Å². The lowest BCUT2D eigenvalue weighted by Gasteiger charge is -2.12. The molecule has 3 aromatic carbocycles. The summed E-state index contributed by atoms with van der Waals surface area (Å²) in [4.78, 5) is 43.5. The van der Waals surface area contributed by atoms with E-state index >= 15 is 0 Å². The van der Waals surface area contributed by atoms with E-state index in [1.54, 1.807) is 112 Å². The third-order valence-corrected chi connectivity index (χ3v) is 21.0. The summed E-state index contributed by atoms with van der Waals surface area (Å²) in [6.07, 6.45) is 26.3. The Kier molecular flexibility index (Phi) is 27.1. The Labute approximate surface area is 719 Å². The second-order valence-corrected chi connectivity index (χ2v) is 31.3. The fraction of sp³-hybridized carbons (Fsp3) is 0.131. The van der Waals surface area contributed by atoms with Crippen molar-refractivity contribution in [3.05, 3.63) is 335 Å². The fourth-order valence-corrected chi connectivity index (χ4v) is 13.9. The van der Waals surface area contributed by atoms with E-state index in [0.717, 1.165) is 126 Å². The molecule has 0 aliphatic heterocycles. The van der Waals surface area contributed by atoms with Crippen molar-refractivity contribution in [2.75, 3.05) is 26.6 Å². The van der Waals surface area contributed by atoms with Gasteiger partial charge in [-0.15, -0.1) is 0 Å². The first-order valence-electron chi connectivity index (χ1n) is 36.6. The lowest BCUT2D eigenvalue weighted by atomic mass is 10.1. The van der Waals surface area contributed by atoms with Gasteiger partial charge in [0.15, 0.2) is 28.2 Å². The SMILES string of the molecule is CC(C)c1cc(NCc2cccnc2)n2ncc(Br)c2n1.CC(C)c1cc(NCc2ccncc2)n2ncc(Br)c2n1.Clc1ccccc1-c1cc(NCc2cccnc2)n2ncc(Br)c2n1.Clc1ccccc1-c1cc(NCc2ccncc2)n2ncc(Br)c2n1.Fc1ccccc1-c1cc(NCc2ccncc2)n2ncc(Cl)c2n1. The van der Waals surface area contributed by atoms with Gasteiger partial charge in [0.05, 0.1) is 66.0 Å². The van der Waals surface area contributed by atoms with Gasteiger partial charge in [0.2, 0.25) is 0 Å². The molecule has 18 aromatic rings. The average Bonchev–Trinajstić information content (AvgIpc) is 1.72. The van der Waals surface area contributed by atoms with Gasteiger partial charge < -0.3 is 26.6 Å². The van der Waals surface area contributed by atoms with Gasteiger partial charge in [-0.1, -0.05) is 123 Å². The lowest BCUT2D eigenvalue weighted by Crippen LogP contribution is -2.08. The van der Waals surface area contributed by atoms with Gasteiger partial charge in [-0.2, -0.15) is 48.1 Å². The molecular weight excluding hydrogens is 1800 g/mol. The van der Waals surface area contributed by atoms with Crippen LogP contribution in [-0.4, -0.2) is 97.9 Å². The predicted molar refractivity (Wildman–Crippen MR) is 473 cm³/mol. The highest BCUT2D eigenvalue weighted by atomic mass is 79.9. The monoisotopic (exact) mass is 1870 g/mol. The number of anilines is 5. The number of pyridine rings is 5. The van der Waals surface area contributed by atoms with Gasteiger partial charge in [-0.3, -0.25) is 24.9 Å². The summed E-state index contributed by atoms with van der Waals surface area (Å²) in [5, 5.41) is 40.4. The molecule has 0 aliphatic rings. The van der Waals surface area contributed by atoms with Crippen molar-refractivity contribution in [2.45, 2.75) is 72.3 Å². The van der Waals surface area contributed by atoms with E-state index in [-0.39, 0.29) is 5.82 Å². The van der Waals surface area contributed by atoms with Crippen LogP contribution in [0.15, 0.2) is 275 Å². The van der Waals surface area contributed by atoms with Crippen LogP contribution >= 0.6 is 98.5 Å². The summed E-state index contributed by atoms with van der Waals surface area (Å²) in [6, 6.07) is 51.3. The maximum atomic E-state index is 14.2. The van der Waals surface area contributed by atoms with Crippen molar-refractivity contribution in [3.8, 4) is 33.8 Å². The summed E-state index contributed by atoms with van der Waals surface area (Å²) in [7, 11) is 0. The van der Waals surface area contributed by atoms with Crippen LogP contribution in [0.4, 0.5) is 33.5 Å². The van der Waals surface area contributed by atoms with Crippen LogP contribution in [0.5, 0.6) is 0 Å². The molecule has 588 valence electrons. The second-order valence-electron chi connectivity index (χ2n) is 26.7. The summed E-state index contributed by atoms with van der Waals surface area (Å²) >= 11 is 32.9. The molecule has 15 heterocycles. The molecule has 0 aliphatic carbocycles. The largest absolute Gasteiger partial charge is 0.366 e. The molecule has 0 atom stereocenters. The standard InChI is InChI=1S/2C18H13BrClN5.C18H13ClFN5.2C15H16BrN5/c19-14-11-23-25-17(22-10-12-4-3-7-21-9-12)8-16(24-18(14)25)13-5-1-2-6-15(13)20;2*19-14-11-23-25-17(22-10-12-5-7-21-8-6-12)9-16(24-18(14)25)13-3-1-2-4-15(13)20;1-10(2)13-7-14(18-8-11-3-5-17-6-4-11)21-15(20-13)12(16)9-19-21;1-10(2)13-6-14(18-8-11-4-3-5-17-7-11)21-15(20-13)12(16)9-19-21/h3*1-9,11,22H,10H2;2*3-7,9-10,18H,8H2,1-2H3. The Hall–Kier alpha value is -11.8. The second kappa shape index (κ2) is 38.8. The number of fused-ring (bicyclic) bond motifs is 5. The normalized spacial score (nSPS) is 11.1. The van der Waals surface area contributed by atoms with Crippen LogP contribution < -0.4 is 26.6 Å². The van der Waals surface area contributed by atoms with Gasteiger partial charge in [-0.25, -0.2) is 29.3 Å². The highest BCUT2D eigenvalue weighted by molar-refractivity contribution is 9.11. The highest BCUT2D eigenvalue weighted by Gasteiger charge is 2.20. The van der Waals surface area contributed by atoms with Gasteiger partial charge in [0, 0.05) is 163 Å². The van der Waals surface area contributed by atoms with E-state index in [1.165, 1.54) is 17.8 Å². The molecule has 25 nitrogen and oxygen atoms in total. The van der Waals surface area contributed by atoms with E-state index in [2.05, 4.69) is 189 Å². The molecule has 0 unspecified atom stereocenters. The number of benzene rings is 3. The first-order chi connectivity index (χ1) is 57.0. The van der Waals surface area contributed by atoms with Crippen molar-refractivity contribution in [1.29, 1.82) is 0 Å². The number of nitrogens with one attached hydrogen (secondary N) is 5. The highest BCUT2D eigenvalue weighted by Crippen LogP contribution is 2.35. The Morgan fingerprint density at radius 2 is 0.615 bits per heavy atom. The van der Waals surface area contributed by atoms with E-state index in [4.69, 9.17) is 44.8 Å². The minimum Gasteiger partial charge on any atom is -0.366 e. The Morgan fingerprint density at radius 1 is 0.308 bits per heavy atom. The molecule has 0 spiro atoms. The molecule has 18 rings (SSSR count). The first kappa shape index (κ1) is 81.8. The van der Waals surface area contributed by atoms with Gasteiger partial charge in [0.1, 0.15) is 39.9 Å². The number of hydrogen-bond acceptors (Lipinski definition) is 20. The zero-order valence-corrected chi connectivity index (χ0v) is 71.5. The summed E-state index contributed by atoms with van der Waals surface area (Å²) < 4.78 is 26.4. The molecule has 5 N–H and O–H groups in total. The zero-order chi connectivity index (χ0) is 81.3. The number of hydrogen-bond donors (Lipinski definition) is 5. The van der Waals surface area contributed by atoms with Crippen LogP contribution in [0.3, 0.4) is 0 Å². The van der Waals surface area contributed by atoms with E-state index in [0.29, 0.717) is 75.8 Å². The van der Waals surface area contributed by atoms with Gasteiger partial charge >= 0.3 is 0 Å². The third-order valence-electron chi connectivity index (χ3n) is 17.9. The summed E-state index contributed by atoms with van der Waals surface area (Å²) in [5.41, 5.74) is 15.5. The van der Waals surface area contributed by atoms with Crippen molar-refractivity contribution in [3.63, 3.8) is 0 Å². The maximum Gasteiger partial charge on any atom is 0.176 e. The van der Waals surface area contributed by atoms with Gasteiger partial charge in [0.25, 0.3) is 0 Å². The predicted octanol–water partition coefficient (Wildman–Crippen LogP) is 21.1. The smallest absolute Gasteiger partial charge is 0.176 e. The molecule has 0 saturated heterocycles. The molecule has 15 aromatic heterocycles. The van der Waals surface area contributed by atoms with Crippen LogP contribution in [-0.2, 0) is 32.7 Å². The first-order valence-corrected chi connectivity index (χ1v) is 40.9. The van der Waals surface area contributed by atoms with Crippen molar-refractivity contribution >= 4 is 156 Å². The molecular formula is C84H71Br4Cl3FN25. The van der Waals surface area contributed by atoms with E-state index in [9.17, 15) is 4.39 Å². The van der Waals surface area contributed by atoms with Crippen LogP contribution in [0.25, 0.3) is 62.0 Å². The minimum absolute atomic E-state index is 0.338. The number of rotatable bonds is 20. The number of nitrogens with zero attached hydrogens (tertiary/aromatic N) is 20. The molecule has 0 fully saturated rings. The maximum absolute atomic E-state index is 14.2. The fourth-order valence-electron chi connectivity index (χ4n) is 11.8. The topological polar surface area (TPSA) is 276 Å². The number of halogens is 8. The van der Waals surface area contributed by atoms with Crippen molar-refractivity contribution < 1.29 is 4.39 Å². The Morgan fingerprint density at radius 3 is 0.966 bits per heavy atom. The van der Waals surface area contributed by atoms with Crippen LogP contribution in [0, 0.1) is 5.82 Å². The lowest BCUT2D eigenvalue weighted by molar-refractivity contribution is 0.630. The summed E-state index contributed by atoms with van der Waals surface area (Å²) in [6.45, 7) is 11.8. The van der Waals surface area contributed by atoms with E-state index in [1.807, 2.05) is 149 Å².